The summed E-state index contributed by atoms with van der Waals surface area (Å²) in [5.74, 6) is 0.430. The van der Waals surface area contributed by atoms with Gasteiger partial charge in [-0.15, -0.1) is 11.6 Å². The van der Waals surface area contributed by atoms with Crippen molar-refractivity contribution >= 4 is 56.0 Å². The first kappa shape index (κ1) is 16.2. The molecule has 0 saturated carbocycles. The van der Waals surface area contributed by atoms with Crippen molar-refractivity contribution < 1.29 is 9.53 Å². The second-order valence-electron chi connectivity index (χ2n) is 3.53. The maximum atomic E-state index is 11.9. The third-order valence-electron chi connectivity index (χ3n) is 2.15. The fourth-order valence-corrected chi connectivity index (χ4v) is 2.33. The van der Waals surface area contributed by atoms with Crippen LogP contribution in [0.25, 0.3) is 0 Å². The second-order valence-corrected chi connectivity index (χ2v) is 6.01. The van der Waals surface area contributed by atoms with Gasteiger partial charge in [0.05, 0.1) is 12.2 Å². The molecule has 1 aromatic rings. The van der Waals surface area contributed by atoms with E-state index in [0.29, 0.717) is 31.2 Å². The summed E-state index contributed by atoms with van der Waals surface area (Å²) in [5, 5.41) is 2.86. The molecule has 0 spiro atoms. The van der Waals surface area contributed by atoms with Crippen LogP contribution in [0.1, 0.15) is 16.8 Å². The highest BCUT2D eigenvalue weighted by molar-refractivity contribution is 14.1. The van der Waals surface area contributed by atoms with E-state index >= 15 is 0 Å². The number of amides is 1. The summed E-state index contributed by atoms with van der Waals surface area (Å²) in [6.45, 7) is 1.76. The Kier molecular flexibility index (Phi) is 8.21. The summed E-state index contributed by atoms with van der Waals surface area (Å²) in [4.78, 5) is 11.9. The number of ether oxygens (including phenoxy) is 1. The topological polar surface area (TPSA) is 38.3 Å². The quantitative estimate of drug-likeness (QED) is 0.396. The molecular formula is C12H14BrClINO2. The van der Waals surface area contributed by atoms with Gasteiger partial charge >= 0.3 is 0 Å². The van der Waals surface area contributed by atoms with E-state index in [-0.39, 0.29) is 5.91 Å². The number of hydrogen-bond acceptors (Lipinski definition) is 2. The maximum Gasteiger partial charge on any atom is 0.252 e. The van der Waals surface area contributed by atoms with Gasteiger partial charge in [0, 0.05) is 27.1 Å². The highest BCUT2D eigenvalue weighted by Crippen LogP contribution is 2.19. The van der Waals surface area contributed by atoms with Crippen LogP contribution in [0, 0.1) is 3.57 Å². The summed E-state index contributed by atoms with van der Waals surface area (Å²) < 4.78 is 7.06. The first-order valence-electron chi connectivity index (χ1n) is 5.52. The molecule has 0 aromatic heterocycles. The van der Waals surface area contributed by atoms with Crippen LogP contribution in [0.15, 0.2) is 22.7 Å². The molecule has 1 aromatic carbocycles. The van der Waals surface area contributed by atoms with Gasteiger partial charge in [-0.25, -0.2) is 0 Å². The maximum absolute atomic E-state index is 11.9. The Balaban J connectivity index is 2.34. The summed E-state index contributed by atoms with van der Waals surface area (Å²) in [6.07, 6.45) is 0.782. The van der Waals surface area contributed by atoms with E-state index in [4.69, 9.17) is 16.3 Å². The predicted molar refractivity (Wildman–Crippen MR) is 85.3 cm³/mol. The van der Waals surface area contributed by atoms with Crippen LogP contribution in [0.3, 0.4) is 0 Å². The van der Waals surface area contributed by atoms with Crippen molar-refractivity contribution in [3.05, 3.63) is 31.8 Å². The summed E-state index contributed by atoms with van der Waals surface area (Å²) in [6, 6.07) is 5.67. The van der Waals surface area contributed by atoms with Gasteiger partial charge in [-0.3, -0.25) is 4.79 Å². The zero-order valence-electron chi connectivity index (χ0n) is 9.72. The van der Waals surface area contributed by atoms with Crippen molar-refractivity contribution in [1.82, 2.24) is 5.32 Å². The number of alkyl halides is 1. The largest absolute Gasteiger partial charge is 0.380 e. The van der Waals surface area contributed by atoms with Gasteiger partial charge in [-0.05, 0) is 63.1 Å². The van der Waals surface area contributed by atoms with Gasteiger partial charge in [-0.1, -0.05) is 0 Å². The van der Waals surface area contributed by atoms with Gasteiger partial charge in [0.2, 0.25) is 0 Å². The van der Waals surface area contributed by atoms with E-state index < -0.39 is 0 Å². The molecule has 18 heavy (non-hydrogen) atoms. The number of nitrogens with one attached hydrogen (secondary N) is 1. The van der Waals surface area contributed by atoms with Crippen molar-refractivity contribution in [1.29, 1.82) is 0 Å². The van der Waals surface area contributed by atoms with Crippen LogP contribution in [-0.4, -0.2) is 31.5 Å². The molecule has 0 unspecified atom stereocenters. The molecular weight excluding hydrogens is 432 g/mol. The van der Waals surface area contributed by atoms with E-state index in [9.17, 15) is 4.79 Å². The SMILES string of the molecule is O=C(NCCCOCCCl)c1cc(I)ccc1Br. The highest BCUT2D eigenvalue weighted by atomic mass is 127. The molecule has 0 atom stereocenters. The Morgan fingerprint density at radius 1 is 1.44 bits per heavy atom. The fraction of sp³-hybridized carbons (Fsp3) is 0.417. The second kappa shape index (κ2) is 9.12. The van der Waals surface area contributed by atoms with Crippen LogP contribution in [-0.2, 0) is 4.74 Å². The van der Waals surface area contributed by atoms with E-state index in [1.165, 1.54) is 0 Å². The van der Waals surface area contributed by atoms with E-state index in [1.807, 2.05) is 18.2 Å². The zero-order valence-corrected chi connectivity index (χ0v) is 14.2. The summed E-state index contributed by atoms with van der Waals surface area (Å²) in [5.41, 5.74) is 0.656. The van der Waals surface area contributed by atoms with E-state index in [2.05, 4.69) is 43.8 Å². The molecule has 1 rings (SSSR count). The van der Waals surface area contributed by atoms with Crippen molar-refractivity contribution in [3.63, 3.8) is 0 Å². The Labute approximate surface area is 134 Å². The van der Waals surface area contributed by atoms with Gasteiger partial charge in [0.15, 0.2) is 0 Å². The molecule has 0 bridgehead atoms. The van der Waals surface area contributed by atoms with Crippen LogP contribution < -0.4 is 5.32 Å². The molecule has 100 valence electrons. The lowest BCUT2D eigenvalue weighted by Gasteiger charge is -2.07. The molecule has 6 heteroatoms. The molecule has 0 heterocycles. The standard InChI is InChI=1S/C12H14BrClINO2/c13-11-3-2-9(15)8-10(11)12(17)16-5-1-6-18-7-4-14/h2-3,8H,1,4-7H2,(H,16,17). The van der Waals surface area contributed by atoms with Gasteiger partial charge < -0.3 is 10.1 Å². The Morgan fingerprint density at radius 3 is 2.94 bits per heavy atom. The molecule has 3 nitrogen and oxygen atoms in total. The molecule has 0 radical (unpaired) electrons. The first-order chi connectivity index (χ1) is 8.65. The molecule has 0 aliphatic rings. The van der Waals surface area contributed by atoms with Gasteiger partial charge in [0.25, 0.3) is 5.91 Å². The molecule has 0 aliphatic heterocycles. The molecule has 1 N–H and O–H groups in total. The van der Waals surface area contributed by atoms with Crippen molar-refractivity contribution in [3.8, 4) is 0 Å². The average Bonchev–Trinajstić information content (AvgIpc) is 2.36. The lowest BCUT2D eigenvalue weighted by molar-refractivity contribution is 0.0943. The molecule has 0 fully saturated rings. The number of benzene rings is 1. The fourth-order valence-electron chi connectivity index (χ4n) is 1.30. The summed E-state index contributed by atoms with van der Waals surface area (Å²) >= 11 is 11.0. The van der Waals surface area contributed by atoms with Gasteiger partial charge in [-0.2, -0.15) is 0 Å². The van der Waals surface area contributed by atoms with E-state index in [1.54, 1.807) is 0 Å². The van der Waals surface area contributed by atoms with Crippen molar-refractivity contribution in [2.45, 2.75) is 6.42 Å². The monoisotopic (exact) mass is 445 g/mol. The average molecular weight is 447 g/mol. The third kappa shape index (κ3) is 5.86. The Bertz CT molecular complexity index is 404. The van der Waals surface area contributed by atoms with E-state index in [0.717, 1.165) is 14.5 Å². The molecule has 0 saturated heterocycles. The number of rotatable bonds is 7. The zero-order chi connectivity index (χ0) is 13.4. The molecule has 0 aliphatic carbocycles. The van der Waals surface area contributed by atoms with Crippen molar-refractivity contribution in [2.75, 3.05) is 25.6 Å². The minimum Gasteiger partial charge on any atom is -0.380 e. The number of hydrogen-bond donors (Lipinski definition) is 1. The van der Waals surface area contributed by atoms with Crippen LogP contribution >= 0.6 is 50.1 Å². The number of halogens is 3. The summed E-state index contributed by atoms with van der Waals surface area (Å²) in [7, 11) is 0. The number of carbonyl (C=O) groups is 1. The minimum atomic E-state index is -0.0715. The Hall–Kier alpha value is 0.150. The normalized spacial score (nSPS) is 10.4. The third-order valence-corrected chi connectivity index (χ3v) is 3.66. The lowest BCUT2D eigenvalue weighted by Crippen LogP contribution is -2.25. The predicted octanol–water partition coefficient (Wildman–Crippen LogP) is 3.43. The van der Waals surface area contributed by atoms with Crippen LogP contribution in [0.4, 0.5) is 0 Å². The first-order valence-corrected chi connectivity index (χ1v) is 7.92. The highest BCUT2D eigenvalue weighted by Gasteiger charge is 2.09. The Morgan fingerprint density at radius 2 is 2.22 bits per heavy atom. The number of carbonyl (C=O) groups excluding carboxylic acids is 1. The van der Waals surface area contributed by atoms with Crippen LogP contribution in [0.5, 0.6) is 0 Å². The van der Waals surface area contributed by atoms with Gasteiger partial charge in [0.1, 0.15) is 0 Å². The van der Waals surface area contributed by atoms with Crippen LogP contribution in [0.2, 0.25) is 0 Å². The van der Waals surface area contributed by atoms with Crippen molar-refractivity contribution in [2.24, 2.45) is 0 Å². The lowest BCUT2D eigenvalue weighted by atomic mass is 10.2. The molecule has 1 amide bonds. The minimum absolute atomic E-state index is 0.0715. The smallest absolute Gasteiger partial charge is 0.252 e.